The Morgan fingerprint density at radius 1 is 0.974 bits per heavy atom. The summed E-state index contributed by atoms with van der Waals surface area (Å²) in [7, 11) is 0. The lowest BCUT2D eigenvalue weighted by Crippen LogP contribution is -2.44. The van der Waals surface area contributed by atoms with Gasteiger partial charge in [0.2, 0.25) is 5.91 Å². The van der Waals surface area contributed by atoms with Gasteiger partial charge in [-0.05, 0) is 49.2 Å². The van der Waals surface area contributed by atoms with Gasteiger partial charge in [-0.2, -0.15) is 26.3 Å². The number of carbonyl (C=O) groups excluding carboxylic acids is 2. The molecule has 0 aliphatic carbocycles. The summed E-state index contributed by atoms with van der Waals surface area (Å²) >= 11 is 5.84. The van der Waals surface area contributed by atoms with Crippen LogP contribution in [0.4, 0.5) is 26.3 Å². The lowest BCUT2D eigenvalue weighted by atomic mass is 9.92. The Labute approximate surface area is 217 Å². The number of rotatable bonds is 8. The van der Waals surface area contributed by atoms with Crippen LogP contribution in [0.3, 0.4) is 0 Å². The molecule has 0 atom stereocenters. The van der Waals surface area contributed by atoms with E-state index >= 15 is 0 Å². The summed E-state index contributed by atoms with van der Waals surface area (Å²) in [6.07, 6.45) is -10.8. The van der Waals surface area contributed by atoms with E-state index in [9.17, 15) is 40.7 Å². The molecule has 0 saturated carbocycles. The smallest absolute Gasteiger partial charge is 0.346 e. The molecule has 0 unspecified atom stereocenters. The fraction of sp³-hybridized carbons (Fsp3) is 0.333. The third-order valence-electron chi connectivity index (χ3n) is 5.44. The first-order valence-electron chi connectivity index (χ1n) is 11.0. The molecule has 0 saturated heterocycles. The summed E-state index contributed by atoms with van der Waals surface area (Å²) in [6.45, 7) is 0.956. The molecule has 0 aliphatic rings. The number of halogens is 7. The molecular weight excluding hydrogens is 542 g/mol. The van der Waals surface area contributed by atoms with Gasteiger partial charge in [-0.25, -0.2) is 9.48 Å². The highest BCUT2D eigenvalue weighted by molar-refractivity contribution is 6.30. The number of hydrogen-bond acceptors (Lipinski definition) is 4. The first kappa shape index (κ1) is 29.0. The molecule has 1 N–H and O–H groups in total. The number of ketones is 1. The number of aromatic nitrogens is 3. The molecular formula is C24H21ClF6N4O3. The largest absolute Gasteiger partial charge is 0.451 e. The molecule has 0 aliphatic heterocycles. The summed E-state index contributed by atoms with van der Waals surface area (Å²) in [5, 5.41) is 6.85. The minimum Gasteiger partial charge on any atom is -0.346 e. The molecule has 14 heteroatoms. The van der Waals surface area contributed by atoms with E-state index in [1.54, 1.807) is 0 Å². The average Bonchev–Trinajstić information content (AvgIpc) is 3.07. The number of hydrogen-bond donors (Lipinski definition) is 1. The predicted molar refractivity (Wildman–Crippen MR) is 125 cm³/mol. The van der Waals surface area contributed by atoms with E-state index in [4.69, 9.17) is 11.6 Å². The van der Waals surface area contributed by atoms with Crippen molar-refractivity contribution in [3.05, 3.63) is 75.2 Å². The molecule has 0 spiro atoms. The van der Waals surface area contributed by atoms with Crippen molar-refractivity contribution in [3.63, 3.8) is 0 Å². The molecule has 38 heavy (non-hydrogen) atoms. The Kier molecular flexibility index (Phi) is 8.10. The first-order chi connectivity index (χ1) is 17.5. The summed E-state index contributed by atoms with van der Waals surface area (Å²) in [6, 6.07) is 11.1. The van der Waals surface area contributed by atoms with Gasteiger partial charge in [-0.3, -0.25) is 14.2 Å². The normalized spacial score (nSPS) is 12.4. The van der Waals surface area contributed by atoms with Gasteiger partial charge < -0.3 is 5.32 Å². The third-order valence-corrected chi connectivity index (χ3v) is 5.69. The van der Waals surface area contributed by atoms with Crippen molar-refractivity contribution >= 4 is 23.3 Å². The number of carbonyl (C=O) groups is 2. The van der Waals surface area contributed by atoms with Crippen LogP contribution in [0.2, 0.25) is 5.02 Å². The molecule has 1 aromatic heterocycles. The van der Waals surface area contributed by atoms with E-state index in [1.807, 2.05) is 0 Å². The second-order valence-corrected chi connectivity index (χ2v) is 9.38. The minimum absolute atomic E-state index is 0.0192. The Morgan fingerprint density at radius 2 is 1.61 bits per heavy atom. The van der Waals surface area contributed by atoms with Gasteiger partial charge in [-0.15, -0.1) is 5.10 Å². The predicted octanol–water partition coefficient (Wildman–Crippen LogP) is 4.65. The summed E-state index contributed by atoms with van der Waals surface area (Å²) in [4.78, 5) is 37.3. The van der Waals surface area contributed by atoms with Gasteiger partial charge in [0.15, 0.2) is 5.82 Å². The number of Topliss-reactive ketones (excluding diaryl/α,β-unsaturated/α-hetero) is 1. The number of alkyl halides is 6. The molecule has 3 rings (SSSR count). The molecule has 1 amide bonds. The minimum atomic E-state index is -5.21. The molecule has 1 heterocycles. The van der Waals surface area contributed by atoms with Gasteiger partial charge in [0.25, 0.3) is 5.78 Å². The van der Waals surface area contributed by atoms with Gasteiger partial charge in [0, 0.05) is 10.6 Å². The maximum absolute atomic E-state index is 12.9. The number of benzene rings is 2. The van der Waals surface area contributed by atoms with E-state index < -0.39 is 54.8 Å². The van der Waals surface area contributed by atoms with E-state index in [0.717, 1.165) is 0 Å². The Bertz CT molecular complexity index is 1390. The highest BCUT2D eigenvalue weighted by Gasteiger charge is 2.39. The van der Waals surface area contributed by atoms with Crippen molar-refractivity contribution in [3.8, 4) is 11.4 Å². The Hall–Kier alpha value is -3.61. The maximum atomic E-state index is 12.9. The van der Waals surface area contributed by atoms with Crippen molar-refractivity contribution in [2.45, 2.75) is 51.2 Å². The van der Waals surface area contributed by atoms with Crippen LogP contribution in [0.1, 0.15) is 25.0 Å². The standard InChI is InChI=1S/C24H21ClF6N4O3/c1-22(2,16-5-3-4-14(10-16)11-23(26,27)28)32-19(37)13-35-21(38)34(12-18(36)24(29,30)31)20(33-35)15-6-8-17(25)9-7-15/h3-10H,11-13H2,1-2H3,(H,32,37). The van der Waals surface area contributed by atoms with Gasteiger partial charge in [0.1, 0.15) is 6.54 Å². The van der Waals surface area contributed by atoms with Crippen LogP contribution in [-0.4, -0.2) is 38.4 Å². The molecule has 0 fully saturated rings. The van der Waals surface area contributed by atoms with Gasteiger partial charge >= 0.3 is 18.0 Å². The second-order valence-electron chi connectivity index (χ2n) is 8.94. The van der Waals surface area contributed by atoms with Gasteiger partial charge in [0.05, 0.1) is 18.5 Å². The highest BCUT2D eigenvalue weighted by Crippen LogP contribution is 2.26. The van der Waals surface area contributed by atoms with Gasteiger partial charge in [-0.1, -0.05) is 35.9 Å². The van der Waals surface area contributed by atoms with E-state index in [1.165, 1.54) is 62.4 Å². The third kappa shape index (κ3) is 7.24. The SMILES string of the molecule is CC(C)(NC(=O)Cn1nc(-c2ccc(Cl)cc2)n(CC(=O)C(F)(F)F)c1=O)c1cccc(CC(F)(F)F)c1. The van der Waals surface area contributed by atoms with E-state index in [0.29, 0.717) is 19.8 Å². The van der Waals surface area contributed by atoms with E-state index in [-0.39, 0.29) is 17.0 Å². The molecule has 7 nitrogen and oxygen atoms in total. The first-order valence-corrected chi connectivity index (χ1v) is 11.3. The highest BCUT2D eigenvalue weighted by atomic mass is 35.5. The maximum Gasteiger partial charge on any atom is 0.451 e. The lowest BCUT2D eigenvalue weighted by molar-refractivity contribution is -0.171. The zero-order valence-corrected chi connectivity index (χ0v) is 20.7. The summed E-state index contributed by atoms with van der Waals surface area (Å²) in [5.41, 5.74) is -1.83. The quantitative estimate of drug-likeness (QED) is 0.405. The topological polar surface area (TPSA) is 86.0 Å². The Morgan fingerprint density at radius 3 is 2.18 bits per heavy atom. The fourth-order valence-corrected chi connectivity index (χ4v) is 3.76. The van der Waals surface area contributed by atoms with Crippen LogP contribution in [0.5, 0.6) is 0 Å². The van der Waals surface area contributed by atoms with Crippen LogP contribution >= 0.6 is 11.6 Å². The molecule has 204 valence electrons. The van der Waals surface area contributed by atoms with Crippen LogP contribution in [0, 0.1) is 0 Å². The molecule has 3 aromatic rings. The monoisotopic (exact) mass is 562 g/mol. The van der Waals surface area contributed by atoms with Crippen LogP contribution in [-0.2, 0) is 34.6 Å². The van der Waals surface area contributed by atoms with Crippen molar-refractivity contribution in [2.75, 3.05) is 0 Å². The van der Waals surface area contributed by atoms with Crippen LogP contribution in [0.15, 0.2) is 53.3 Å². The van der Waals surface area contributed by atoms with Crippen molar-refractivity contribution in [1.29, 1.82) is 0 Å². The molecule has 0 radical (unpaired) electrons. The fourth-order valence-electron chi connectivity index (χ4n) is 3.63. The molecule has 2 aromatic carbocycles. The summed E-state index contributed by atoms with van der Waals surface area (Å²) < 4.78 is 78.1. The lowest BCUT2D eigenvalue weighted by Gasteiger charge is -2.27. The number of amides is 1. The van der Waals surface area contributed by atoms with Crippen LogP contribution < -0.4 is 11.0 Å². The second kappa shape index (κ2) is 10.6. The summed E-state index contributed by atoms with van der Waals surface area (Å²) in [5.74, 6) is -3.29. The average molecular weight is 563 g/mol. The van der Waals surface area contributed by atoms with Crippen molar-refractivity contribution < 1.29 is 35.9 Å². The number of nitrogens with one attached hydrogen (secondary N) is 1. The van der Waals surface area contributed by atoms with E-state index in [2.05, 4.69) is 10.4 Å². The van der Waals surface area contributed by atoms with Crippen LogP contribution in [0.25, 0.3) is 11.4 Å². The van der Waals surface area contributed by atoms with Crippen molar-refractivity contribution in [1.82, 2.24) is 19.7 Å². The Balaban J connectivity index is 1.89. The van der Waals surface area contributed by atoms with Crippen molar-refractivity contribution in [2.24, 2.45) is 0 Å². The zero-order valence-electron chi connectivity index (χ0n) is 20.0. The zero-order chi connectivity index (χ0) is 28.5. The number of nitrogens with zero attached hydrogens (tertiary/aromatic N) is 3. The molecule has 0 bridgehead atoms.